The summed E-state index contributed by atoms with van der Waals surface area (Å²) in [7, 11) is 0. The van der Waals surface area contributed by atoms with E-state index in [9.17, 15) is 4.79 Å². The van der Waals surface area contributed by atoms with Crippen LogP contribution in [-0.4, -0.2) is 18.8 Å². The molecule has 4 nitrogen and oxygen atoms in total. The van der Waals surface area contributed by atoms with Gasteiger partial charge in [0.15, 0.2) is 6.29 Å². The normalized spacial score (nSPS) is 7.43. The molecule has 0 unspecified atom stereocenters. The third-order valence-electron chi connectivity index (χ3n) is 0.390. The number of carbonyl (C=O) groups is 1. The predicted octanol–water partition coefficient (Wildman–Crippen LogP) is -3.46. The fourth-order valence-electron chi connectivity index (χ4n) is 0.160. The van der Waals surface area contributed by atoms with Crippen molar-refractivity contribution in [2.24, 2.45) is 11.5 Å². The van der Waals surface area contributed by atoms with Crippen LogP contribution in [0.4, 0.5) is 0 Å². The zero-order valence-electron chi connectivity index (χ0n) is 3.85. The Morgan fingerprint density at radius 1 is 1.71 bits per heavy atom. The molecule has 0 aromatic rings. The summed E-state index contributed by atoms with van der Waals surface area (Å²) in [5.74, 6) is 0.0760. The van der Waals surface area contributed by atoms with Crippen LogP contribution in [0.1, 0.15) is 0 Å². The molecule has 0 fully saturated rings. The monoisotopic (exact) mass is 102 g/mol. The van der Waals surface area contributed by atoms with Gasteiger partial charge in [-0.1, -0.05) is 0 Å². The molecule has 0 heterocycles. The van der Waals surface area contributed by atoms with Gasteiger partial charge in [-0.15, -0.1) is 0 Å². The molecule has 0 aliphatic carbocycles. The number of nitrogens with one attached hydrogen (secondary N) is 1. The number of aldehydes is 1. The molecule has 0 radical (unpaired) electrons. The highest BCUT2D eigenvalue weighted by Crippen LogP contribution is 1.18. The molecule has 4 heteroatoms. The van der Waals surface area contributed by atoms with Crippen LogP contribution in [-0.2, 0) is 4.79 Å². The van der Waals surface area contributed by atoms with Crippen LogP contribution in [0.15, 0.2) is 0 Å². The average molecular weight is 102 g/mol. The maximum absolute atomic E-state index is 9.52. The first kappa shape index (κ1) is 5.94. The maximum atomic E-state index is 9.52. The van der Waals surface area contributed by atoms with E-state index in [1.54, 1.807) is 0 Å². The fraction of sp³-hybridized carbons (Fsp3) is 0.333. The van der Waals surface area contributed by atoms with Crippen molar-refractivity contribution in [3.8, 4) is 0 Å². The molecule has 0 atom stereocenters. The standard InChI is InChI=1S/C3H7N3O/c4-3(5)6-1-2-7/h2H,1H2,(H4,4,5,6)/p+1. The molecule has 0 aromatic heterocycles. The first-order valence-corrected chi connectivity index (χ1v) is 1.82. The number of hydrogen-bond donors (Lipinski definition) is 3. The number of rotatable bonds is 2. The molecule has 0 saturated carbocycles. The van der Waals surface area contributed by atoms with E-state index in [0.717, 1.165) is 0 Å². The quantitative estimate of drug-likeness (QED) is 0.192. The van der Waals surface area contributed by atoms with Gasteiger partial charge in [0.05, 0.1) is 0 Å². The zero-order valence-corrected chi connectivity index (χ0v) is 3.85. The van der Waals surface area contributed by atoms with Crippen LogP contribution in [0.25, 0.3) is 0 Å². The summed E-state index contributed by atoms with van der Waals surface area (Å²) in [4.78, 5) is 11.9. The second kappa shape index (κ2) is 3.14. The smallest absolute Gasteiger partial charge is 0.300 e. The van der Waals surface area contributed by atoms with Gasteiger partial charge in [0.2, 0.25) is 0 Å². The minimum Gasteiger partial charge on any atom is -0.300 e. The average Bonchev–Trinajstić information content (AvgIpc) is 1.61. The largest absolute Gasteiger partial charge is 0.339 e. The molecule has 0 aliphatic rings. The predicted molar refractivity (Wildman–Crippen MR) is 25.3 cm³/mol. The van der Waals surface area contributed by atoms with E-state index >= 15 is 0 Å². The molecule has 0 aromatic carbocycles. The Morgan fingerprint density at radius 2 is 2.29 bits per heavy atom. The Morgan fingerprint density at radius 3 is 2.43 bits per heavy atom. The SMILES string of the molecule is NC(N)=[NH+]CC=O. The first-order valence-electron chi connectivity index (χ1n) is 1.82. The highest BCUT2D eigenvalue weighted by molar-refractivity contribution is 5.69. The van der Waals surface area contributed by atoms with Crippen molar-refractivity contribution in [1.82, 2.24) is 0 Å². The van der Waals surface area contributed by atoms with Crippen molar-refractivity contribution in [2.45, 2.75) is 0 Å². The van der Waals surface area contributed by atoms with Gasteiger partial charge in [-0.3, -0.25) is 21.3 Å². The summed E-state index contributed by atoms with van der Waals surface area (Å²) in [5.41, 5.74) is 9.81. The van der Waals surface area contributed by atoms with Crippen molar-refractivity contribution in [3.63, 3.8) is 0 Å². The Hall–Kier alpha value is -1.06. The van der Waals surface area contributed by atoms with E-state index in [1.165, 1.54) is 0 Å². The highest BCUT2D eigenvalue weighted by Gasteiger charge is 1.79. The minimum absolute atomic E-state index is 0.0760. The lowest BCUT2D eigenvalue weighted by atomic mass is 10.8. The van der Waals surface area contributed by atoms with Gasteiger partial charge in [-0.2, -0.15) is 0 Å². The molecular weight excluding hydrogens is 94.1 g/mol. The number of nitrogens with two attached hydrogens (primary N) is 2. The number of hydrogen-bond acceptors (Lipinski definition) is 1. The summed E-state index contributed by atoms with van der Waals surface area (Å²) < 4.78 is 0. The number of carbonyl (C=O) groups excluding carboxylic acids is 1. The van der Waals surface area contributed by atoms with Gasteiger partial charge in [-0.05, 0) is 0 Å². The minimum atomic E-state index is 0.0760. The van der Waals surface area contributed by atoms with Crippen LogP contribution in [0.2, 0.25) is 0 Å². The summed E-state index contributed by atoms with van der Waals surface area (Å²) >= 11 is 0. The summed E-state index contributed by atoms with van der Waals surface area (Å²) in [5, 5.41) is 0. The van der Waals surface area contributed by atoms with Crippen LogP contribution in [0.5, 0.6) is 0 Å². The molecule has 0 saturated heterocycles. The molecular formula is C3H8N3O+. The Kier molecular flexibility index (Phi) is 2.67. The topological polar surface area (TPSA) is 83.1 Å². The van der Waals surface area contributed by atoms with Crippen LogP contribution in [0, 0.1) is 0 Å². The Bertz CT molecular complexity index is 84.2. The Balaban J connectivity index is 3.25. The van der Waals surface area contributed by atoms with Gasteiger partial charge in [-0.25, -0.2) is 0 Å². The lowest BCUT2D eigenvalue weighted by molar-refractivity contribution is -0.443. The third-order valence-corrected chi connectivity index (χ3v) is 0.390. The van der Waals surface area contributed by atoms with Crippen LogP contribution < -0.4 is 16.5 Å². The molecule has 40 valence electrons. The van der Waals surface area contributed by atoms with E-state index < -0.39 is 0 Å². The van der Waals surface area contributed by atoms with Crippen LogP contribution in [0.3, 0.4) is 0 Å². The van der Waals surface area contributed by atoms with E-state index in [1.807, 2.05) is 0 Å². The molecule has 0 spiro atoms. The molecule has 0 bridgehead atoms. The molecule has 5 N–H and O–H groups in total. The van der Waals surface area contributed by atoms with Crippen molar-refractivity contribution in [1.29, 1.82) is 0 Å². The lowest BCUT2D eigenvalue weighted by Gasteiger charge is -1.76. The van der Waals surface area contributed by atoms with Crippen molar-refractivity contribution in [2.75, 3.05) is 6.54 Å². The van der Waals surface area contributed by atoms with E-state index in [-0.39, 0.29) is 12.5 Å². The van der Waals surface area contributed by atoms with Crippen molar-refractivity contribution in [3.05, 3.63) is 0 Å². The van der Waals surface area contributed by atoms with Gasteiger partial charge in [0.25, 0.3) is 0 Å². The van der Waals surface area contributed by atoms with E-state index in [0.29, 0.717) is 6.29 Å². The molecule has 7 heavy (non-hydrogen) atoms. The van der Waals surface area contributed by atoms with Gasteiger partial charge < -0.3 is 0 Å². The zero-order chi connectivity index (χ0) is 5.70. The molecule has 0 aliphatic heterocycles. The molecule has 0 rings (SSSR count). The fourth-order valence-corrected chi connectivity index (χ4v) is 0.160. The Labute approximate surface area is 41.2 Å². The van der Waals surface area contributed by atoms with Gasteiger partial charge in [0, 0.05) is 0 Å². The second-order valence-corrected chi connectivity index (χ2v) is 1.00. The number of guanidine groups is 1. The van der Waals surface area contributed by atoms with Crippen molar-refractivity contribution >= 4 is 12.2 Å². The van der Waals surface area contributed by atoms with Gasteiger partial charge >= 0.3 is 5.96 Å². The second-order valence-electron chi connectivity index (χ2n) is 1.00. The summed E-state index contributed by atoms with van der Waals surface area (Å²) in [6, 6.07) is 0. The van der Waals surface area contributed by atoms with Gasteiger partial charge in [0.1, 0.15) is 6.54 Å². The lowest BCUT2D eigenvalue weighted by Crippen LogP contribution is -2.78. The summed E-state index contributed by atoms with van der Waals surface area (Å²) in [6.07, 6.45) is 0.680. The summed E-state index contributed by atoms with van der Waals surface area (Å²) in [6.45, 7) is 0.183. The first-order chi connectivity index (χ1) is 3.27. The van der Waals surface area contributed by atoms with E-state index in [4.69, 9.17) is 11.5 Å². The van der Waals surface area contributed by atoms with E-state index in [2.05, 4.69) is 4.99 Å². The highest BCUT2D eigenvalue weighted by atomic mass is 16.1. The van der Waals surface area contributed by atoms with Crippen LogP contribution >= 0.6 is 0 Å². The van der Waals surface area contributed by atoms with Crippen molar-refractivity contribution < 1.29 is 9.79 Å². The molecule has 0 amide bonds. The third kappa shape index (κ3) is 4.94. The maximum Gasteiger partial charge on any atom is 0.339 e.